The molecule has 4 saturated carbocycles. The van der Waals surface area contributed by atoms with Crippen LogP contribution in [0.5, 0.6) is 0 Å². The van der Waals surface area contributed by atoms with Crippen LogP contribution in [0.2, 0.25) is 0 Å². The first-order chi connectivity index (χ1) is 13.9. The van der Waals surface area contributed by atoms with E-state index in [9.17, 15) is 0 Å². The minimum absolute atomic E-state index is 0.478. The number of fused-ring (bicyclic) bond motifs is 7. The summed E-state index contributed by atoms with van der Waals surface area (Å²) < 4.78 is 0. The molecule has 0 aromatic carbocycles. The molecule has 0 nitrogen and oxygen atoms in total. The van der Waals surface area contributed by atoms with E-state index in [1.54, 1.807) is 0 Å². The van der Waals surface area contributed by atoms with Crippen molar-refractivity contribution in [2.24, 2.45) is 56.7 Å². The molecule has 0 N–H and O–H groups in total. The van der Waals surface area contributed by atoms with Gasteiger partial charge in [0.15, 0.2) is 0 Å². The smallest absolute Gasteiger partial charge is 0.00801 e. The van der Waals surface area contributed by atoms with E-state index >= 15 is 0 Å². The SMILES string of the molecule is CC(C)C1CCC2C1(C)CCC1(C)C3CCC4C(C)(C)CCCC4(C)C3=CCC21C. The van der Waals surface area contributed by atoms with E-state index in [0.29, 0.717) is 27.1 Å². The van der Waals surface area contributed by atoms with Gasteiger partial charge in [-0.3, -0.25) is 0 Å². The van der Waals surface area contributed by atoms with Crippen LogP contribution in [-0.4, -0.2) is 0 Å². The highest BCUT2D eigenvalue weighted by atomic mass is 14.7. The standard InChI is InChI=1S/C30H50/c1-20(2)21-10-13-25-28(21,6)18-19-29(7)23-11-12-24-26(3,4)15-9-16-27(24,5)22(23)14-17-30(25,29)8/h14,20-21,23-25H,9-13,15-19H2,1-8H3. The van der Waals surface area contributed by atoms with Crippen molar-refractivity contribution in [2.75, 3.05) is 0 Å². The van der Waals surface area contributed by atoms with E-state index in [1.165, 1.54) is 64.2 Å². The molecule has 0 spiro atoms. The maximum absolute atomic E-state index is 2.86. The number of rotatable bonds is 1. The van der Waals surface area contributed by atoms with Crippen LogP contribution < -0.4 is 0 Å². The van der Waals surface area contributed by atoms with Gasteiger partial charge in [0.05, 0.1) is 0 Å². The van der Waals surface area contributed by atoms with Gasteiger partial charge in [-0.15, -0.1) is 0 Å². The molecule has 8 atom stereocenters. The molecule has 0 saturated heterocycles. The minimum Gasteiger partial charge on any atom is -0.0839 e. The molecule has 0 amide bonds. The fraction of sp³-hybridized carbons (Fsp3) is 0.933. The predicted molar refractivity (Wildman–Crippen MR) is 129 cm³/mol. The van der Waals surface area contributed by atoms with Gasteiger partial charge < -0.3 is 0 Å². The normalized spacial score (nSPS) is 54.6. The summed E-state index contributed by atoms with van der Waals surface area (Å²) in [5, 5.41) is 0. The highest BCUT2D eigenvalue weighted by Gasteiger charge is 2.67. The van der Waals surface area contributed by atoms with Crippen molar-refractivity contribution in [2.45, 2.75) is 120 Å². The summed E-state index contributed by atoms with van der Waals surface area (Å²) in [6.07, 6.45) is 17.4. The first-order valence-corrected chi connectivity index (χ1v) is 13.6. The minimum atomic E-state index is 0.478. The Kier molecular flexibility index (Phi) is 4.61. The summed E-state index contributed by atoms with van der Waals surface area (Å²) in [7, 11) is 0. The van der Waals surface area contributed by atoms with Crippen LogP contribution >= 0.6 is 0 Å². The Balaban J connectivity index is 1.56. The highest BCUT2D eigenvalue weighted by Crippen LogP contribution is 2.76. The quantitative estimate of drug-likeness (QED) is 0.378. The molecule has 5 aliphatic carbocycles. The van der Waals surface area contributed by atoms with Crippen molar-refractivity contribution in [1.82, 2.24) is 0 Å². The molecule has 30 heavy (non-hydrogen) atoms. The first-order valence-electron chi connectivity index (χ1n) is 13.6. The molecule has 0 heterocycles. The molecule has 0 aliphatic heterocycles. The molecule has 0 bridgehead atoms. The van der Waals surface area contributed by atoms with Crippen LogP contribution in [0, 0.1) is 56.7 Å². The Morgan fingerprint density at radius 2 is 1.47 bits per heavy atom. The molecule has 170 valence electrons. The summed E-state index contributed by atoms with van der Waals surface area (Å²) in [5.41, 5.74) is 4.55. The van der Waals surface area contributed by atoms with Crippen molar-refractivity contribution in [3.05, 3.63) is 11.6 Å². The lowest BCUT2D eigenvalue weighted by Crippen LogP contribution is -2.61. The third kappa shape index (κ3) is 2.46. The Morgan fingerprint density at radius 1 is 0.767 bits per heavy atom. The Labute approximate surface area is 188 Å². The van der Waals surface area contributed by atoms with Gasteiger partial charge in [-0.25, -0.2) is 0 Å². The average Bonchev–Trinajstić information content (AvgIpc) is 3.01. The highest BCUT2D eigenvalue weighted by molar-refractivity contribution is 5.32. The molecule has 4 fully saturated rings. The molecule has 8 unspecified atom stereocenters. The number of hydrogen-bond acceptors (Lipinski definition) is 0. The van der Waals surface area contributed by atoms with Crippen molar-refractivity contribution in [3.8, 4) is 0 Å². The summed E-state index contributed by atoms with van der Waals surface area (Å²) in [6, 6.07) is 0. The van der Waals surface area contributed by atoms with Crippen LogP contribution in [0.1, 0.15) is 120 Å². The predicted octanol–water partition coefficient (Wildman–Crippen LogP) is 9.05. The van der Waals surface area contributed by atoms with Crippen molar-refractivity contribution in [3.63, 3.8) is 0 Å². The van der Waals surface area contributed by atoms with Gasteiger partial charge >= 0.3 is 0 Å². The second-order valence-corrected chi connectivity index (χ2v) is 14.6. The van der Waals surface area contributed by atoms with Crippen molar-refractivity contribution >= 4 is 0 Å². The lowest BCUT2D eigenvalue weighted by molar-refractivity contribution is -0.156. The van der Waals surface area contributed by atoms with Gasteiger partial charge in [0.25, 0.3) is 0 Å². The maximum Gasteiger partial charge on any atom is -0.00801 e. The Hall–Kier alpha value is -0.260. The van der Waals surface area contributed by atoms with Crippen molar-refractivity contribution < 1.29 is 0 Å². The van der Waals surface area contributed by atoms with Crippen LogP contribution in [-0.2, 0) is 0 Å². The fourth-order valence-corrected chi connectivity index (χ4v) is 11.3. The Morgan fingerprint density at radius 3 is 2.17 bits per heavy atom. The average molecular weight is 411 g/mol. The third-order valence-electron chi connectivity index (χ3n) is 13.0. The van der Waals surface area contributed by atoms with E-state index in [4.69, 9.17) is 0 Å². The molecule has 0 heteroatoms. The first kappa shape index (κ1) is 21.6. The van der Waals surface area contributed by atoms with Gasteiger partial charge in [-0.1, -0.05) is 73.5 Å². The zero-order valence-corrected chi connectivity index (χ0v) is 21.5. The van der Waals surface area contributed by atoms with Gasteiger partial charge in [-0.05, 0) is 114 Å². The number of hydrogen-bond donors (Lipinski definition) is 0. The van der Waals surface area contributed by atoms with E-state index in [2.05, 4.69) is 61.5 Å². The number of allylic oxidation sites excluding steroid dienone is 2. The van der Waals surface area contributed by atoms with Crippen LogP contribution in [0.15, 0.2) is 11.6 Å². The molecular formula is C30H50. The zero-order chi connectivity index (χ0) is 21.7. The lowest BCUT2D eigenvalue weighted by atomic mass is 9.36. The van der Waals surface area contributed by atoms with Crippen LogP contribution in [0.3, 0.4) is 0 Å². The van der Waals surface area contributed by atoms with Gasteiger partial charge in [0, 0.05) is 0 Å². The van der Waals surface area contributed by atoms with Gasteiger partial charge in [0.1, 0.15) is 0 Å². The van der Waals surface area contributed by atoms with E-state index in [1.807, 2.05) is 5.57 Å². The molecule has 0 radical (unpaired) electrons. The molecule has 5 rings (SSSR count). The maximum atomic E-state index is 2.86. The Bertz CT molecular complexity index is 741. The summed E-state index contributed by atoms with van der Waals surface area (Å²) >= 11 is 0. The second-order valence-electron chi connectivity index (χ2n) is 14.6. The zero-order valence-electron chi connectivity index (χ0n) is 21.5. The molecule has 0 aromatic rings. The van der Waals surface area contributed by atoms with Gasteiger partial charge in [-0.2, -0.15) is 0 Å². The lowest BCUT2D eigenvalue weighted by Gasteiger charge is -2.69. The largest absolute Gasteiger partial charge is 0.0839 e. The fourth-order valence-electron chi connectivity index (χ4n) is 11.3. The topological polar surface area (TPSA) is 0 Å². The molecule has 5 aliphatic rings. The van der Waals surface area contributed by atoms with Crippen molar-refractivity contribution in [1.29, 1.82) is 0 Å². The molecular weight excluding hydrogens is 360 g/mol. The van der Waals surface area contributed by atoms with Crippen LogP contribution in [0.4, 0.5) is 0 Å². The summed E-state index contributed by atoms with van der Waals surface area (Å²) in [5.74, 6) is 4.49. The van der Waals surface area contributed by atoms with E-state index < -0.39 is 0 Å². The molecule has 0 aromatic heterocycles. The third-order valence-corrected chi connectivity index (χ3v) is 13.0. The summed E-state index contributed by atoms with van der Waals surface area (Å²) in [6.45, 7) is 21.1. The summed E-state index contributed by atoms with van der Waals surface area (Å²) in [4.78, 5) is 0. The van der Waals surface area contributed by atoms with Gasteiger partial charge in [0.2, 0.25) is 0 Å². The second kappa shape index (κ2) is 6.41. The van der Waals surface area contributed by atoms with E-state index in [-0.39, 0.29) is 0 Å². The van der Waals surface area contributed by atoms with E-state index in [0.717, 1.165) is 29.6 Å². The monoisotopic (exact) mass is 410 g/mol. The van der Waals surface area contributed by atoms with Crippen LogP contribution in [0.25, 0.3) is 0 Å².